The predicted molar refractivity (Wildman–Crippen MR) is 244 cm³/mol. The number of carbonyl (C=O) groups is 3. The molecular formula is C48H38O29. The summed E-state index contributed by atoms with van der Waals surface area (Å²) in [5.74, 6) is -30.7. The molecule has 1 saturated heterocycles. The Kier molecular flexibility index (Phi) is 12.8. The third kappa shape index (κ3) is 8.71. The topological polar surface area (TPSA) is 478 Å². The normalized spacial score (nSPS) is 19.2. The second-order valence-corrected chi connectivity index (χ2v) is 17.1. The van der Waals surface area contributed by atoms with Crippen LogP contribution in [0.2, 0.25) is 0 Å². The summed E-state index contributed by atoms with van der Waals surface area (Å²) in [7, 11) is 0. The largest absolute Gasteiger partial charge is 0.504 e. The Balaban J connectivity index is 1.21. The Hall–Kier alpha value is -10.4. The van der Waals surface area contributed by atoms with E-state index in [4.69, 9.17) is 43.2 Å². The maximum absolute atomic E-state index is 14.7. The van der Waals surface area contributed by atoms with Crippen LogP contribution in [0.4, 0.5) is 0 Å². The van der Waals surface area contributed by atoms with Gasteiger partial charge in [0.25, 0.3) is 0 Å². The number of phenolic OH excluding ortho intramolecular Hbond substituents is 17. The lowest BCUT2D eigenvalue weighted by molar-refractivity contribution is -0.300. The number of ether oxygens (including phenoxy) is 5. The van der Waals surface area contributed by atoms with Crippen LogP contribution in [-0.4, -0.2) is 143 Å². The van der Waals surface area contributed by atoms with E-state index < -0.39 is 228 Å². The van der Waals surface area contributed by atoms with Gasteiger partial charge in [0.15, 0.2) is 86.6 Å². The molecule has 0 amide bonds. The van der Waals surface area contributed by atoms with Crippen LogP contribution < -0.4 is 14.5 Å². The van der Waals surface area contributed by atoms with Gasteiger partial charge in [-0.3, -0.25) is 0 Å². The van der Waals surface area contributed by atoms with Crippen LogP contribution in [0.25, 0.3) is 22.3 Å². The Morgan fingerprint density at radius 1 is 0.506 bits per heavy atom. The van der Waals surface area contributed by atoms with Gasteiger partial charge in [0.05, 0.1) is 40.9 Å². The van der Waals surface area contributed by atoms with E-state index >= 15 is 0 Å². The van der Waals surface area contributed by atoms with Crippen molar-refractivity contribution >= 4 is 17.9 Å². The van der Waals surface area contributed by atoms with Gasteiger partial charge in [0, 0.05) is 35.7 Å². The lowest BCUT2D eigenvalue weighted by Crippen LogP contribution is -2.60. The molecule has 1 fully saturated rings. The van der Waals surface area contributed by atoms with Crippen LogP contribution in [0, 0.1) is 12.8 Å². The Bertz CT molecular complexity index is 3480. The zero-order valence-corrected chi connectivity index (χ0v) is 38.6. The molecule has 29 heteroatoms. The Labute approximate surface area is 426 Å². The minimum absolute atomic E-state index is 0.241. The number of fused-ring (bicyclic) bond motifs is 9. The molecule has 404 valence electrons. The molecule has 3 aliphatic rings. The van der Waals surface area contributed by atoms with E-state index in [9.17, 15) is 101 Å². The van der Waals surface area contributed by atoms with Crippen molar-refractivity contribution in [1.82, 2.24) is 0 Å². The highest BCUT2D eigenvalue weighted by atomic mass is 17.2. The Morgan fingerprint density at radius 2 is 0.961 bits per heavy atom. The van der Waals surface area contributed by atoms with Crippen LogP contribution in [0.1, 0.15) is 43.1 Å². The third-order valence-electron chi connectivity index (χ3n) is 12.3. The highest BCUT2D eigenvalue weighted by Gasteiger charge is 2.54. The van der Waals surface area contributed by atoms with E-state index in [1.165, 1.54) is 6.92 Å². The smallest absolute Gasteiger partial charge is 0.344 e. The molecule has 17 N–H and O–H groups in total. The van der Waals surface area contributed by atoms with Gasteiger partial charge >= 0.3 is 17.9 Å². The molecule has 0 aromatic heterocycles. The number of hydrogen-bond donors (Lipinski definition) is 17. The summed E-state index contributed by atoms with van der Waals surface area (Å²) in [4.78, 5) is 65.6. The van der Waals surface area contributed by atoms with E-state index in [0.29, 0.717) is 30.3 Å². The standard InChI is InChI=1S/C48H38O29/c1-12-4-17(49)31(55)26(5-12)71-42-15(8-20(52)36(60)41(42)65)47(68)75-48-44-43(73-45(66)13-6-18(50)32(56)37(61)27(13)28-14(46(67)74-44)7-19(51)33(57)38(28)62)16-11-70-77-25-10-22(54)35(59)40(64)30(25)29-24(9-21(53)34(58)39(29)63)76-69-3-2-23(16)72-48/h4-10,16,23,43-44,48-65H,2-3,11H2,1H3. The summed E-state index contributed by atoms with van der Waals surface area (Å²) >= 11 is 0. The molecule has 0 aliphatic carbocycles. The van der Waals surface area contributed by atoms with Crippen LogP contribution in [0.5, 0.6) is 121 Å². The number of phenols is 17. The molecule has 6 aromatic carbocycles. The first-order valence-electron chi connectivity index (χ1n) is 21.9. The molecule has 0 radical (unpaired) electrons. The van der Waals surface area contributed by atoms with Crippen molar-refractivity contribution < 1.29 is 144 Å². The lowest BCUT2D eigenvalue weighted by atomic mass is 9.86. The highest BCUT2D eigenvalue weighted by molar-refractivity contribution is 6.08. The number of aromatic hydroxyl groups is 17. The maximum Gasteiger partial charge on any atom is 0.344 e. The highest BCUT2D eigenvalue weighted by Crippen LogP contribution is 2.58. The number of rotatable bonds is 4. The quantitative estimate of drug-likeness (QED) is 0.0511. The molecule has 5 unspecified atom stereocenters. The summed E-state index contributed by atoms with van der Waals surface area (Å²) < 4.78 is 29.2. The van der Waals surface area contributed by atoms with Crippen LogP contribution in [-0.2, 0) is 28.7 Å². The molecule has 0 saturated carbocycles. The predicted octanol–water partition coefficient (Wildman–Crippen LogP) is 4.10. The zero-order chi connectivity index (χ0) is 55.8. The van der Waals surface area contributed by atoms with Gasteiger partial charge < -0.3 is 120 Å². The number of aryl methyl sites for hydroxylation is 1. The second-order valence-electron chi connectivity index (χ2n) is 17.1. The summed E-state index contributed by atoms with van der Waals surface area (Å²) in [6, 6.07) is 4.91. The number of carbonyl (C=O) groups excluding carboxylic acids is 3. The minimum Gasteiger partial charge on any atom is -0.504 e. The molecule has 9 rings (SSSR count). The van der Waals surface area contributed by atoms with E-state index in [0.717, 1.165) is 12.1 Å². The van der Waals surface area contributed by atoms with Crippen LogP contribution in [0.3, 0.4) is 0 Å². The SMILES string of the molecule is Cc1cc(O)c(O)c(Oc2c(C(=O)OC3OC4CCOOc5cc(O)c(O)c(O)c5-c5c(cc(O)c(O)c5O)OOCC4C4OC(=O)c5cc(O)c(O)c(O)c5-c5c(cc(O)c(O)c5O)C(=O)OC34)cc(O)c(O)c2O)c1. The van der Waals surface area contributed by atoms with E-state index in [1.807, 2.05) is 0 Å². The van der Waals surface area contributed by atoms with Gasteiger partial charge in [0.2, 0.25) is 52.6 Å². The molecule has 29 nitrogen and oxygen atoms in total. The monoisotopic (exact) mass is 1080 g/mol. The fourth-order valence-electron chi connectivity index (χ4n) is 8.58. The van der Waals surface area contributed by atoms with E-state index in [2.05, 4.69) is 0 Å². The first-order chi connectivity index (χ1) is 36.4. The molecule has 0 spiro atoms. The van der Waals surface area contributed by atoms with Gasteiger partial charge in [-0.25, -0.2) is 14.4 Å². The average Bonchev–Trinajstić information content (AvgIpc) is 3.48. The van der Waals surface area contributed by atoms with Gasteiger partial charge in [-0.2, -0.15) is 9.78 Å². The third-order valence-corrected chi connectivity index (χ3v) is 12.3. The average molecular weight is 1080 g/mol. The van der Waals surface area contributed by atoms with Crippen molar-refractivity contribution in [2.75, 3.05) is 13.2 Å². The fraction of sp³-hybridized carbons (Fsp3) is 0.188. The lowest BCUT2D eigenvalue weighted by Gasteiger charge is -2.44. The minimum atomic E-state index is -2.47. The summed E-state index contributed by atoms with van der Waals surface area (Å²) in [5, 5.41) is 182. The fourth-order valence-corrected chi connectivity index (χ4v) is 8.58. The molecular weight excluding hydrogens is 1040 g/mol. The molecule has 3 aliphatic heterocycles. The summed E-state index contributed by atoms with van der Waals surface area (Å²) in [5.41, 5.74) is -6.48. The van der Waals surface area contributed by atoms with E-state index in [-0.39, 0.29) is 5.56 Å². The molecule has 77 heavy (non-hydrogen) atoms. The first kappa shape index (κ1) is 51.5. The zero-order valence-electron chi connectivity index (χ0n) is 38.6. The van der Waals surface area contributed by atoms with Crippen LogP contribution in [0.15, 0.2) is 42.5 Å². The number of esters is 3. The Morgan fingerprint density at radius 3 is 1.51 bits per heavy atom. The van der Waals surface area contributed by atoms with Crippen molar-refractivity contribution in [1.29, 1.82) is 0 Å². The van der Waals surface area contributed by atoms with Gasteiger partial charge in [-0.15, -0.1) is 0 Å². The second kappa shape index (κ2) is 19.1. The van der Waals surface area contributed by atoms with Gasteiger partial charge in [0.1, 0.15) is 12.2 Å². The van der Waals surface area contributed by atoms with Crippen molar-refractivity contribution in [3.05, 3.63) is 64.7 Å². The van der Waals surface area contributed by atoms with Crippen molar-refractivity contribution in [3.63, 3.8) is 0 Å². The van der Waals surface area contributed by atoms with Crippen LogP contribution >= 0.6 is 0 Å². The van der Waals surface area contributed by atoms with Crippen molar-refractivity contribution in [2.45, 2.75) is 37.9 Å². The molecule has 0 bridgehead atoms. The number of hydrogen-bond acceptors (Lipinski definition) is 29. The van der Waals surface area contributed by atoms with E-state index in [1.54, 1.807) is 0 Å². The van der Waals surface area contributed by atoms with Gasteiger partial charge in [-0.1, -0.05) is 0 Å². The summed E-state index contributed by atoms with van der Waals surface area (Å²) in [6.07, 6.45) is -9.31. The summed E-state index contributed by atoms with van der Waals surface area (Å²) in [6.45, 7) is -0.294. The molecule has 3 heterocycles. The number of benzene rings is 6. The van der Waals surface area contributed by atoms with Gasteiger partial charge in [-0.05, 0) is 36.8 Å². The molecule has 6 aromatic rings. The van der Waals surface area contributed by atoms with Crippen molar-refractivity contribution in [2.24, 2.45) is 5.92 Å². The first-order valence-corrected chi connectivity index (χ1v) is 21.9. The molecule has 5 atom stereocenters. The maximum atomic E-state index is 14.7. The van der Waals surface area contributed by atoms with Crippen molar-refractivity contribution in [3.8, 4) is 143 Å².